The molecule has 0 aromatic heterocycles. The van der Waals surface area contributed by atoms with Gasteiger partial charge in [0.2, 0.25) is 5.91 Å². The van der Waals surface area contributed by atoms with Crippen LogP contribution in [0.5, 0.6) is 0 Å². The maximum atomic E-state index is 14.2. The van der Waals surface area contributed by atoms with Crippen molar-refractivity contribution in [2.45, 2.75) is 38.8 Å². The molecule has 6 heteroatoms. The third-order valence-corrected chi connectivity index (χ3v) is 3.70. The summed E-state index contributed by atoms with van der Waals surface area (Å²) in [6.45, 7) is 3.67. The van der Waals surface area contributed by atoms with Crippen LogP contribution in [0.1, 0.15) is 31.7 Å². The molecule has 0 spiro atoms. The SMILES string of the molecule is CCCNCc1cc(F)c(N2CCCC2C(N)=O)c(F)c1. The Morgan fingerprint density at radius 3 is 2.67 bits per heavy atom. The summed E-state index contributed by atoms with van der Waals surface area (Å²) >= 11 is 0. The van der Waals surface area contributed by atoms with Gasteiger partial charge in [-0.15, -0.1) is 0 Å². The van der Waals surface area contributed by atoms with E-state index in [0.717, 1.165) is 13.0 Å². The fourth-order valence-corrected chi connectivity index (χ4v) is 2.73. The molecule has 0 aliphatic carbocycles. The highest BCUT2D eigenvalue weighted by Gasteiger charge is 2.32. The van der Waals surface area contributed by atoms with Crippen LogP contribution in [0.15, 0.2) is 12.1 Å². The second-order valence-corrected chi connectivity index (χ2v) is 5.34. The second-order valence-electron chi connectivity index (χ2n) is 5.34. The average Bonchev–Trinajstić information content (AvgIpc) is 2.87. The molecule has 0 bridgehead atoms. The maximum absolute atomic E-state index is 14.2. The number of rotatable bonds is 6. The Kier molecular flexibility index (Phi) is 5.12. The van der Waals surface area contributed by atoms with E-state index in [0.29, 0.717) is 31.5 Å². The van der Waals surface area contributed by atoms with Crippen LogP contribution in [0.3, 0.4) is 0 Å². The fourth-order valence-electron chi connectivity index (χ4n) is 2.73. The minimum absolute atomic E-state index is 0.143. The molecule has 4 nitrogen and oxygen atoms in total. The number of carbonyl (C=O) groups is 1. The molecule has 0 radical (unpaired) electrons. The predicted molar refractivity (Wildman–Crippen MR) is 77.9 cm³/mol. The van der Waals surface area contributed by atoms with Crippen molar-refractivity contribution >= 4 is 11.6 Å². The molecule has 1 heterocycles. The number of halogens is 2. The van der Waals surface area contributed by atoms with Crippen molar-refractivity contribution in [1.82, 2.24) is 5.32 Å². The number of anilines is 1. The van der Waals surface area contributed by atoms with Crippen LogP contribution in [-0.2, 0) is 11.3 Å². The zero-order valence-corrected chi connectivity index (χ0v) is 12.2. The lowest BCUT2D eigenvalue weighted by molar-refractivity contribution is -0.119. The summed E-state index contributed by atoms with van der Waals surface area (Å²) in [6, 6.07) is 2.01. The molecular weight excluding hydrogens is 276 g/mol. The van der Waals surface area contributed by atoms with Crippen molar-refractivity contribution in [2.75, 3.05) is 18.0 Å². The maximum Gasteiger partial charge on any atom is 0.240 e. The van der Waals surface area contributed by atoms with E-state index in [9.17, 15) is 13.6 Å². The third-order valence-electron chi connectivity index (χ3n) is 3.70. The van der Waals surface area contributed by atoms with Gasteiger partial charge in [0.05, 0.1) is 0 Å². The molecular formula is C15H21F2N3O. The van der Waals surface area contributed by atoms with E-state index in [4.69, 9.17) is 5.73 Å². The minimum atomic E-state index is -0.642. The molecule has 0 saturated carbocycles. The summed E-state index contributed by atoms with van der Waals surface area (Å²) < 4.78 is 28.5. The van der Waals surface area contributed by atoms with Crippen molar-refractivity contribution in [3.8, 4) is 0 Å². The smallest absolute Gasteiger partial charge is 0.240 e. The lowest BCUT2D eigenvalue weighted by Gasteiger charge is -2.25. The van der Waals surface area contributed by atoms with Gasteiger partial charge in [-0.2, -0.15) is 0 Å². The number of nitrogens with zero attached hydrogens (tertiary/aromatic N) is 1. The number of hydrogen-bond donors (Lipinski definition) is 2. The quantitative estimate of drug-likeness (QED) is 0.789. The van der Waals surface area contributed by atoms with Gasteiger partial charge in [0.1, 0.15) is 23.4 Å². The summed E-state index contributed by atoms with van der Waals surface area (Å²) in [4.78, 5) is 12.8. The zero-order chi connectivity index (χ0) is 15.4. The highest BCUT2D eigenvalue weighted by atomic mass is 19.1. The van der Waals surface area contributed by atoms with E-state index in [1.54, 1.807) is 0 Å². The predicted octanol–water partition coefficient (Wildman–Crippen LogP) is 1.92. The van der Waals surface area contributed by atoms with E-state index in [-0.39, 0.29) is 5.69 Å². The van der Waals surface area contributed by atoms with Gasteiger partial charge < -0.3 is 16.0 Å². The Bertz CT molecular complexity index is 499. The molecule has 1 saturated heterocycles. The van der Waals surface area contributed by atoms with Crippen LogP contribution in [-0.4, -0.2) is 25.0 Å². The van der Waals surface area contributed by atoms with Gasteiger partial charge in [-0.1, -0.05) is 6.92 Å². The van der Waals surface area contributed by atoms with Crippen LogP contribution in [0.25, 0.3) is 0 Å². The fraction of sp³-hybridized carbons (Fsp3) is 0.533. The van der Waals surface area contributed by atoms with Crippen molar-refractivity contribution < 1.29 is 13.6 Å². The minimum Gasteiger partial charge on any atom is -0.368 e. The van der Waals surface area contributed by atoms with Gasteiger partial charge >= 0.3 is 0 Å². The van der Waals surface area contributed by atoms with Crippen molar-refractivity contribution in [2.24, 2.45) is 5.73 Å². The highest BCUT2D eigenvalue weighted by molar-refractivity contribution is 5.84. The molecule has 1 atom stereocenters. The molecule has 1 aromatic rings. The van der Waals surface area contributed by atoms with Gasteiger partial charge in [-0.3, -0.25) is 4.79 Å². The monoisotopic (exact) mass is 297 g/mol. The van der Waals surface area contributed by atoms with Crippen molar-refractivity contribution in [1.29, 1.82) is 0 Å². The first-order chi connectivity index (χ1) is 10.0. The summed E-state index contributed by atoms with van der Waals surface area (Å²) in [5, 5.41) is 3.10. The van der Waals surface area contributed by atoms with E-state index in [1.807, 2.05) is 6.92 Å². The molecule has 1 aliphatic heterocycles. The number of primary amides is 1. The van der Waals surface area contributed by atoms with Crippen molar-refractivity contribution in [3.05, 3.63) is 29.3 Å². The summed E-state index contributed by atoms with van der Waals surface area (Å²) in [6.07, 6.45) is 2.19. The molecule has 21 heavy (non-hydrogen) atoms. The second kappa shape index (κ2) is 6.85. The van der Waals surface area contributed by atoms with Crippen LogP contribution >= 0.6 is 0 Å². The van der Waals surface area contributed by atoms with E-state index in [2.05, 4.69) is 5.32 Å². The molecule has 1 aromatic carbocycles. The lowest BCUT2D eigenvalue weighted by atomic mass is 10.1. The average molecular weight is 297 g/mol. The van der Waals surface area contributed by atoms with E-state index in [1.165, 1.54) is 17.0 Å². The Morgan fingerprint density at radius 2 is 2.10 bits per heavy atom. The number of benzene rings is 1. The summed E-state index contributed by atoms with van der Waals surface area (Å²) in [5.41, 5.74) is 5.71. The van der Waals surface area contributed by atoms with E-state index < -0.39 is 23.6 Å². The first-order valence-electron chi connectivity index (χ1n) is 7.29. The largest absolute Gasteiger partial charge is 0.368 e. The Labute approximate surface area is 123 Å². The number of hydrogen-bond acceptors (Lipinski definition) is 3. The number of amides is 1. The van der Waals surface area contributed by atoms with Gasteiger partial charge in [0, 0.05) is 13.1 Å². The molecule has 1 fully saturated rings. The molecule has 1 amide bonds. The first-order valence-corrected chi connectivity index (χ1v) is 7.29. The normalized spacial score (nSPS) is 18.2. The van der Waals surface area contributed by atoms with Crippen molar-refractivity contribution in [3.63, 3.8) is 0 Å². The van der Waals surface area contributed by atoms with Gasteiger partial charge in [0.25, 0.3) is 0 Å². The number of nitrogens with one attached hydrogen (secondary N) is 1. The lowest BCUT2D eigenvalue weighted by Crippen LogP contribution is -2.41. The van der Waals surface area contributed by atoms with E-state index >= 15 is 0 Å². The third kappa shape index (κ3) is 3.50. The van der Waals surface area contributed by atoms with Crippen LogP contribution in [0.4, 0.5) is 14.5 Å². The number of carbonyl (C=O) groups excluding carboxylic acids is 1. The number of nitrogens with two attached hydrogens (primary N) is 1. The van der Waals surface area contributed by atoms with Crippen LogP contribution in [0, 0.1) is 11.6 Å². The Hall–Kier alpha value is -1.69. The van der Waals surface area contributed by atoms with Gasteiger partial charge in [-0.05, 0) is 43.5 Å². The highest BCUT2D eigenvalue weighted by Crippen LogP contribution is 2.31. The molecule has 3 N–H and O–H groups in total. The van der Waals surface area contributed by atoms with Gasteiger partial charge in [0.15, 0.2) is 0 Å². The molecule has 2 rings (SSSR count). The molecule has 1 aliphatic rings. The first kappa shape index (κ1) is 15.7. The topological polar surface area (TPSA) is 58.4 Å². The van der Waals surface area contributed by atoms with Crippen LogP contribution in [0.2, 0.25) is 0 Å². The standard InChI is InChI=1S/C15H21F2N3O/c1-2-5-19-9-10-7-11(16)14(12(17)8-10)20-6-3-4-13(20)15(18)21/h7-8,13,19H,2-6,9H2,1H3,(H2,18,21). The Balaban J connectivity index is 2.22. The van der Waals surface area contributed by atoms with Crippen LogP contribution < -0.4 is 16.0 Å². The zero-order valence-electron chi connectivity index (χ0n) is 12.2. The molecule has 116 valence electrons. The summed E-state index contributed by atoms with van der Waals surface area (Å²) in [5.74, 6) is -1.83. The Morgan fingerprint density at radius 1 is 1.43 bits per heavy atom. The summed E-state index contributed by atoms with van der Waals surface area (Å²) in [7, 11) is 0. The molecule has 1 unspecified atom stereocenters. The van der Waals surface area contributed by atoms with Gasteiger partial charge in [-0.25, -0.2) is 8.78 Å².